The smallest absolute Gasteiger partial charge is 0.0469 e. The van der Waals surface area contributed by atoms with Crippen molar-refractivity contribution in [1.82, 2.24) is 5.43 Å². The second-order valence-electron chi connectivity index (χ2n) is 3.16. The van der Waals surface area contributed by atoms with Crippen LogP contribution >= 0.6 is 31.9 Å². The molecule has 0 amide bonds. The summed E-state index contributed by atoms with van der Waals surface area (Å²) in [5.41, 5.74) is 3.89. The summed E-state index contributed by atoms with van der Waals surface area (Å²) in [5, 5.41) is 0. The number of rotatable bonds is 4. The SMILES string of the molecule is C#CCCC(NN)c1cc(Br)cc(Br)c1. The van der Waals surface area contributed by atoms with Gasteiger partial charge in [0, 0.05) is 21.4 Å². The Morgan fingerprint density at radius 2 is 1.93 bits per heavy atom. The average Bonchev–Trinajstić information content (AvgIpc) is 2.17. The van der Waals surface area contributed by atoms with Crippen LogP contribution in [-0.2, 0) is 0 Å². The number of hydrazine groups is 1. The highest BCUT2D eigenvalue weighted by molar-refractivity contribution is 9.11. The lowest BCUT2D eigenvalue weighted by molar-refractivity contribution is 0.523. The summed E-state index contributed by atoms with van der Waals surface area (Å²) in [6, 6.07) is 6.14. The van der Waals surface area contributed by atoms with Gasteiger partial charge in [0.15, 0.2) is 0 Å². The van der Waals surface area contributed by atoms with Gasteiger partial charge in [-0.25, -0.2) is 0 Å². The van der Waals surface area contributed by atoms with Crippen molar-refractivity contribution < 1.29 is 0 Å². The van der Waals surface area contributed by atoms with E-state index < -0.39 is 0 Å². The first-order chi connectivity index (χ1) is 7.17. The second-order valence-corrected chi connectivity index (χ2v) is 5.00. The standard InChI is InChI=1S/C11H12Br2N2/c1-2-3-4-11(15-14)8-5-9(12)7-10(13)6-8/h1,5-7,11,15H,3-4,14H2. The molecule has 0 aromatic heterocycles. The van der Waals surface area contributed by atoms with E-state index in [0.29, 0.717) is 6.42 Å². The van der Waals surface area contributed by atoms with Gasteiger partial charge in [0.25, 0.3) is 0 Å². The number of hydrogen-bond donors (Lipinski definition) is 2. The third kappa shape index (κ3) is 3.96. The van der Waals surface area contributed by atoms with E-state index in [4.69, 9.17) is 12.3 Å². The van der Waals surface area contributed by atoms with Crippen LogP contribution in [0.15, 0.2) is 27.1 Å². The highest BCUT2D eigenvalue weighted by Crippen LogP contribution is 2.25. The van der Waals surface area contributed by atoms with Crippen molar-refractivity contribution in [3.8, 4) is 12.3 Å². The van der Waals surface area contributed by atoms with Crippen LogP contribution in [0.3, 0.4) is 0 Å². The summed E-state index contributed by atoms with van der Waals surface area (Å²) in [7, 11) is 0. The molecular formula is C11H12Br2N2. The highest BCUT2D eigenvalue weighted by atomic mass is 79.9. The number of nitrogens with two attached hydrogens (primary N) is 1. The molecule has 15 heavy (non-hydrogen) atoms. The molecule has 1 aromatic carbocycles. The van der Waals surface area contributed by atoms with Crippen molar-refractivity contribution in [3.05, 3.63) is 32.7 Å². The molecule has 0 spiro atoms. The molecule has 1 atom stereocenters. The largest absolute Gasteiger partial charge is 0.271 e. The molecule has 1 rings (SSSR count). The molecule has 0 aliphatic rings. The molecule has 80 valence electrons. The number of halogens is 2. The van der Waals surface area contributed by atoms with Crippen LogP contribution < -0.4 is 11.3 Å². The Balaban J connectivity index is 2.87. The molecular weight excluding hydrogens is 320 g/mol. The van der Waals surface area contributed by atoms with Crippen LogP contribution in [0.4, 0.5) is 0 Å². The summed E-state index contributed by atoms with van der Waals surface area (Å²) in [4.78, 5) is 0. The number of benzene rings is 1. The third-order valence-corrected chi connectivity index (χ3v) is 2.98. The molecule has 0 bridgehead atoms. The first kappa shape index (κ1) is 12.7. The molecule has 0 radical (unpaired) electrons. The maximum Gasteiger partial charge on any atom is 0.0469 e. The maximum atomic E-state index is 5.50. The normalized spacial score (nSPS) is 12.1. The van der Waals surface area contributed by atoms with E-state index in [-0.39, 0.29) is 6.04 Å². The number of hydrogen-bond acceptors (Lipinski definition) is 2. The van der Waals surface area contributed by atoms with Gasteiger partial charge in [0.1, 0.15) is 0 Å². The van der Waals surface area contributed by atoms with Crippen LogP contribution in [0.1, 0.15) is 24.4 Å². The lowest BCUT2D eigenvalue weighted by Gasteiger charge is -2.15. The van der Waals surface area contributed by atoms with Crippen LogP contribution in [0, 0.1) is 12.3 Å². The number of nitrogens with one attached hydrogen (secondary N) is 1. The zero-order chi connectivity index (χ0) is 11.3. The molecule has 1 aromatic rings. The third-order valence-electron chi connectivity index (χ3n) is 2.07. The van der Waals surface area contributed by atoms with Gasteiger partial charge < -0.3 is 0 Å². The van der Waals surface area contributed by atoms with Crippen molar-refractivity contribution in [2.45, 2.75) is 18.9 Å². The molecule has 1 unspecified atom stereocenters. The molecule has 4 heteroatoms. The Hall–Kier alpha value is -0.340. The van der Waals surface area contributed by atoms with E-state index in [1.54, 1.807) is 0 Å². The molecule has 0 heterocycles. The maximum absolute atomic E-state index is 5.50. The summed E-state index contributed by atoms with van der Waals surface area (Å²) < 4.78 is 2.04. The van der Waals surface area contributed by atoms with Crippen molar-refractivity contribution in [2.24, 2.45) is 5.84 Å². The Morgan fingerprint density at radius 1 is 1.33 bits per heavy atom. The van der Waals surface area contributed by atoms with E-state index in [1.165, 1.54) is 0 Å². The lowest BCUT2D eigenvalue weighted by atomic mass is 10.0. The zero-order valence-electron chi connectivity index (χ0n) is 8.13. The van der Waals surface area contributed by atoms with Gasteiger partial charge in [0.2, 0.25) is 0 Å². The van der Waals surface area contributed by atoms with Gasteiger partial charge in [-0.3, -0.25) is 11.3 Å². The number of terminal acetylenes is 1. The summed E-state index contributed by atoms with van der Waals surface area (Å²) in [5.74, 6) is 8.11. The molecule has 0 aliphatic heterocycles. The molecule has 0 fully saturated rings. The lowest BCUT2D eigenvalue weighted by Crippen LogP contribution is -2.27. The summed E-state index contributed by atoms with van der Waals surface area (Å²) >= 11 is 6.88. The zero-order valence-corrected chi connectivity index (χ0v) is 11.3. The van der Waals surface area contributed by atoms with Crippen LogP contribution in [0.25, 0.3) is 0 Å². The minimum Gasteiger partial charge on any atom is -0.271 e. The highest BCUT2D eigenvalue weighted by Gasteiger charge is 2.09. The molecule has 0 saturated heterocycles. The fourth-order valence-corrected chi connectivity index (χ4v) is 2.68. The van der Waals surface area contributed by atoms with Crippen molar-refractivity contribution in [3.63, 3.8) is 0 Å². The molecule has 3 N–H and O–H groups in total. The van der Waals surface area contributed by atoms with Crippen molar-refractivity contribution >= 4 is 31.9 Å². The van der Waals surface area contributed by atoms with Crippen molar-refractivity contribution in [2.75, 3.05) is 0 Å². The van der Waals surface area contributed by atoms with Gasteiger partial charge in [-0.05, 0) is 30.2 Å². The average molecular weight is 332 g/mol. The van der Waals surface area contributed by atoms with E-state index >= 15 is 0 Å². The van der Waals surface area contributed by atoms with E-state index in [0.717, 1.165) is 20.9 Å². The fraction of sp³-hybridized carbons (Fsp3) is 0.273. The van der Waals surface area contributed by atoms with Gasteiger partial charge in [-0.15, -0.1) is 12.3 Å². The monoisotopic (exact) mass is 330 g/mol. The minimum atomic E-state index is 0.0925. The summed E-state index contributed by atoms with van der Waals surface area (Å²) in [6.45, 7) is 0. The molecule has 2 nitrogen and oxygen atoms in total. The second kappa shape index (κ2) is 6.29. The first-order valence-corrected chi connectivity index (χ1v) is 6.11. The van der Waals surface area contributed by atoms with Gasteiger partial charge in [0.05, 0.1) is 0 Å². The fourth-order valence-electron chi connectivity index (χ4n) is 1.35. The van der Waals surface area contributed by atoms with E-state index in [1.807, 2.05) is 18.2 Å². The predicted molar refractivity (Wildman–Crippen MR) is 70.0 cm³/mol. The van der Waals surface area contributed by atoms with Crippen molar-refractivity contribution in [1.29, 1.82) is 0 Å². The minimum absolute atomic E-state index is 0.0925. The molecule has 0 aliphatic carbocycles. The summed E-state index contributed by atoms with van der Waals surface area (Å²) in [6.07, 6.45) is 6.77. The van der Waals surface area contributed by atoms with Crippen LogP contribution in [0.5, 0.6) is 0 Å². The Morgan fingerprint density at radius 3 is 2.40 bits per heavy atom. The topological polar surface area (TPSA) is 38.0 Å². The first-order valence-electron chi connectivity index (χ1n) is 4.53. The Kier molecular flexibility index (Phi) is 5.34. The van der Waals surface area contributed by atoms with Gasteiger partial charge >= 0.3 is 0 Å². The van der Waals surface area contributed by atoms with Crippen LogP contribution in [-0.4, -0.2) is 0 Å². The molecule has 0 saturated carbocycles. The predicted octanol–water partition coefficient (Wildman–Crippen LogP) is 3.13. The van der Waals surface area contributed by atoms with Crippen LogP contribution in [0.2, 0.25) is 0 Å². The van der Waals surface area contributed by atoms with E-state index in [9.17, 15) is 0 Å². The Bertz CT molecular complexity index is 351. The van der Waals surface area contributed by atoms with Gasteiger partial charge in [-0.1, -0.05) is 31.9 Å². The van der Waals surface area contributed by atoms with E-state index in [2.05, 4.69) is 43.2 Å². The van der Waals surface area contributed by atoms with Gasteiger partial charge in [-0.2, -0.15) is 0 Å². The Labute approximate surface area is 107 Å². The quantitative estimate of drug-likeness (QED) is 0.505.